The SMILES string of the molecule is Cn1[nH]c(C(N)=O)c(Br)c1=O. The van der Waals surface area contributed by atoms with Crippen molar-refractivity contribution in [1.29, 1.82) is 0 Å². The van der Waals surface area contributed by atoms with Gasteiger partial charge in [-0.1, -0.05) is 0 Å². The molecule has 0 unspecified atom stereocenters. The fraction of sp³-hybridized carbons (Fsp3) is 0.200. The second-order valence-electron chi connectivity index (χ2n) is 2.03. The van der Waals surface area contributed by atoms with Crippen molar-refractivity contribution < 1.29 is 4.79 Å². The van der Waals surface area contributed by atoms with Crippen LogP contribution >= 0.6 is 15.9 Å². The summed E-state index contributed by atoms with van der Waals surface area (Å²) >= 11 is 2.94. The van der Waals surface area contributed by atoms with Crippen LogP contribution in [0.3, 0.4) is 0 Å². The molecule has 1 amide bonds. The largest absolute Gasteiger partial charge is 0.364 e. The number of rotatable bonds is 1. The van der Waals surface area contributed by atoms with Crippen molar-refractivity contribution in [3.63, 3.8) is 0 Å². The quantitative estimate of drug-likeness (QED) is 0.673. The number of H-pyrrole nitrogens is 1. The number of primary amides is 1. The summed E-state index contributed by atoms with van der Waals surface area (Å²) in [6, 6.07) is 0. The molecule has 5 nitrogen and oxygen atoms in total. The Morgan fingerprint density at radius 2 is 2.27 bits per heavy atom. The Morgan fingerprint density at radius 1 is 1.73 bits per heavy atom. The molecule has 0 aliphatic carbocycles. The van der Waals surface area contributed by atoms with Crippen LogP contribution in [0, 0.1) is 0 Å². The van der Waals surface area contributed by atoms with Crippen LogP contribution in [0.1, 0.15) is 10.5 Å². The summed E-state index contributed by atoms with van der Waals surface area (Å²) in [5, 5.41) is 2.49. The second kappa shape index (κ2) is 2.54. The number of nitrogens with zero attached hydrogens (tertiary/aromatic N) is 1. The highest BCUT2D eigenvalue weighted by atomic mass is 79.9. The number of nitrogens with two attached hydrogens (primary N) is 1. The Hall–Kier alpha value is -1.04. The molecule has 0 spiro atoms. The Morgan fingerprint density at radius 3 is 2.45 bits per heavy atom. The van der Waals surface area contributed by atoms with Gasteiger partial charge in [-0.3, -0.25) is 19.4 Å². The van der Waals surface area contributed by atoms with Crippen molar-refractivity contribution in [2.45, 2.75) is 0 Å². The molecule has 3 N–H and O–H groups in total. The van der Waals surface area contributed by atoms with Gasteiger partial charge in [-0.2, -0.15) is 0 Å². The average Bonchev–Trinajstić information content (AvgIpc) is 2.17. The molecule has 1 heterocycles. The molecule has 1 aromatic rings. The Kier molecular flexibility index (Phi) is 1.86. The summed E-state index contributed by atoms with van der Waals surface area (Å²) < 4.78 is 1.34. The molecule has 1 rings (SSSR count). The first-order valence-corrected chi connectivity index (χ1v) is 3.57. The van der Waals surface area contributed by atoms with Crippen LogP contribution in [0.5, 0.6) is 0 Å². The predicted molar refractivity (Wildman–Crippen MR) is 42.3 cm³/mol. The summed E-state index contributed by atoms with van der Waals surface area (Å²) in [5.74, 6) is -0.658. The molecule has 0 saturated carbocycles. The first kappa shape index (κ1) is 8.06. The van der Waals surface area contributed by atoms with Gasteiger partial charge in [0, 0.05) is 7.05 Å². The normalized spacial score (nSPS) is 10.0. The van der Waals surface area contributed by atoms with Crippen molar-refractivity contribution in [2.75, 3.05) is 0 Å². The van der Waals surface area contributed by atoms with E-state index in [0.29, 0.717) is 0 Å². The fourth-order valence-electron chi connectivity index (χ4n) is 0.685. The average molecular weight is 220 g/mol. The van der Waals surface area contributed by atoms with Crippen LogP contribution in [0.15, 0.2) is 9.27 Å². The van der Waals surface area contributed by atoms with Crippen LogP contribution in [0.2, 0.25) is 0 Å². The van der Waals surface area contributed by atoms with Gasteiger partial charge in [0.2, 0.25) is 0 Å². The van der Waals surface area contributed by atoms with E-state index in [9.17, 15) is 9.59 Å². The van der Waals surface area contributed by atoms with Gasteiger partial charge in [0.15, 0.2) is 0 Å². The maximum atomic E-state index is 11.0. The van der Waals surface area contributed by atoms with E-state index in [1.54, 1.807) is 0 Å². The number of nitrogens with one attached hydrogen (secondary N) is 1. The third-order valence-corrected chi connectivity index (χ3v) is 1.97. The number of hydrogen-bond acceptors (Lipinski definition) is 2. The minimum absolute atomic E-state index is 0.0949. The molecule has 11 heavy (non-hydrogen) atoms. The Labute approximate surface area is 70.3 Å². The molecule has 0 aliphatic heterocycles. The van der Waals surface area contributed by atoms with E-state index in [2.05, 4.69) is 21.0 Å². The standard InChI is InChI=1S/C5H6BrN3O2/c1-9-5(11)2(6)3(8-9)4(7)10/h8H,1H3,(H2,7,10). The van der Waals surface area contributed by atoms with Crippen LogP contribution in [0.4, 0.5) is 0 Å². The lowest BCUT2D eigenvalue weighted by molar-refractivity contribution is 0.0994. The summed E-state index contributed by atoms with van der Waals surface area (Å²) in [4.78, 5) is 21.6. The topological polar surface area (TPSA) is 80.9 Å². The molecule has 60 valence electrons. The van der Waals surface area contributed by atoms with Crippen LogP contribution in [0.25, 0.3) is 0 Å². The third-order valence-electron chi connectivity index (χ3n) is 1.24. The second-order valence-corrected chi connectivity index (χ2v) is 2.82. The zero-order chi connectivity index (χ0) is 8.59. The lowest BCUT2D eigenvalue weighted by atomic mass is 10.4. The highest BCUT2D eigenvalue weighted by Gasteiger charge is 2.12. The molecule has 6 heteroatoms. The number of aromatic nitrogens is 2. The van der Waals surface area contributed by atoms with Gasteiger partial charge in [-0.15, -0.1) is 0 Å². The van der Waals surface area contributed by atoms with Crippen LogP contribution in [-0.4, -0.2) is 15.7 Å². The molecule has 0 atom stereocenters. The number of carbonyl (C=O) groups is 1. The number of aromatic amines is 1. The zero-order valence-corrected chi connectivity index (χ0v) is 7.31. The molecule has 1 aromatic heterocycles. The minimum Gasteiger partial charge on any atom is -0.364 e. The van der Waals surface area contributed by atoms with E-state index in [1.165, 1.54) is 11.7 Å². The van der Waals surface area contributed by atoms with E-state index < -0.39 is 5.91 Å². The van der Waals surface area contributed by atoms with Gasteiger partial charge in [-0.05, 0) is 15.9 Å². The zero-order valence-electron chi connectivity index (χ0n) is 5.72. The van der Waals surface area contributed by atoms with E-state index in [4.69, 9.17) is 5.73 Å². The lowest BCUT2D eigenvalue weighted by Gasteiger charge is -1.87. The van der Waals surface area contributed by atoms with E-state index in [1.807, 2.05) is 0 Å². The van der Waals surface area contributed by atoms with Crippen molar-refractivity contribution >= 4 is 21.8 Å². The molecule has 0 radical (unpaired) electrons. The number of carbonyl (C=O) groups excluding carboxylic acids is 1. The highest BCUT2D eigenvalue weighted by molar-refractivity contribution is 9.10. The van der Waals surface area contributed by atoms with Crippen LogP contribution < -0.4 is 11.3 Å². The lowest BCUT2D eigenvalue weighted by Crippen LogP contribution is -2.12. The van der Waals surface area contributed by atoms with E-state index in [0.717, 1.165) is 0 Å². The van der Waals surface area contributed by atoms with Gasteiger partial charge in [-0.25, -0.2) is 0 Å². The first-order chi connectivity index (χ1) is 5.04. The van der Waals surface area contributed by atoms with E-state index in [-0.39, 0.29) is 15.7 Å². The summed E-state index contributed by atoms with van der Waals surface area (Å²) in [7, 11) is 1.50. The number of amides is 1. The molecule has 0 fully saturated rings. The first-order valence-electron chi connectivity index (χ1n) is 2.78. The molecule has 0 aliphatic rings. The number of hydrogen-bond donors (Lipinski definition) is 2. The molecule has 0 bridgehead atoms. The summed E-state index contributed by atoms with van der Waals surface area (Å²) in [6.45, 7) is 0. The predicted octanol–water partition coefficient (Wildman–Crippen LogP) is -0.425. The Balaban J connectivity index is 3.42. The maximum absolute atomic E-state index is 11.0. The fourth-order valence-corrected chi connectivity index (χ4v) is 1.24. The molecular weight excluding hydrogens is 214 g/mol. The van der Waals surface area contributed by atoms with Gasteiger partial charge in [0.1, 0.15) is 10.2 Å². The molecule has 0 saturated heterocycles. The van der Waals surface area contributed by atoms with Crippen molar-refractivity contribution in [1.82, 2.24) is 9.78 Å². The number of aryl methyl sites for hydroxylation is 1. The van der Waals surface area contributed by atoms with Crippen molar-refractivity contribution in [3.05, 3.63) is 20.5 Å². The summed E-state index contributed by atoms with van der Waals surface area (Å²) in [5.41, 5.74) is 4.73. The monoisotopic (exact) mass is 219 g/mol. The summed E-state index contributed by atoms with van der Waals surface area (Å²) in [6.07, 6.45) is 0. The van der Waals surface area contributed by atoms with Crippen LogP contribution in [-0.2, 0) is 7.05 Å². The van der Waals surface area contributed by atoms with Crippen molar-refractivity contribution in [2.24, 2.45) is 12.8 Å². The van der Waals surface area contributed by atoms with Gasteiger partial charge < -0.3 is 5.73 Å². The molecule has 0 aromatic carbocycles. The molecular formula is C5H6BrN3O2. The van der Waals surface area contributed by atoms with Gasteiger partial charge >= 0.3 is 0 Å². The Bertz CT molecular complexity index is 351. The van der Waals surface area contributed by atoms with Gasteiger partial charge in [0.25, 0.3) is 11.5 Å². The number of halogens is 1. The highest BCUT2D eigenvalue weighted by Crippen LogP contribution is 2.07. The third kappa shape index (κ3) is 1.21. The van der Waals surface area contributed by atoms with E-state index >= 15 is 0 Å². The van der Waals surface area contributed by atoms with Crippen molar-refractivity contribution in [3.8, 4) is 0 Å². The minimum atomic E-state index is -0.658. The van der Waals surface area contributed by atoms with Gasteiger partial charge in [0.05, 0.1) is 0 Å². The smallest absolute Gasteiger partial charge is 0.281 e. The maximum Gasteiger partial charge on any atom is 0.281 e.